The van der Waals surface area contributed by atoms with Crippen molar-refractivity contribution in [1.29, 1.82) is 0 Å². The van der Waals surface area contributed by atoms with Crippen molar-refractivity contribution in [1.82, 2.24) is 18.8 Å². The number of imidazole rings is 1. The van der Waals surface area contributed by atoms with Gasteiger partial charge in [0.05, 0.1) is 18.3 Å². The van der Waals surface area contributed by atoms with Crippen molar-refractivity contribution in [3.63, 3.8) is 0 Å². The predicted octanol–water partition coefficient (Wildman–Crippen LogP) is 4.07. The summed E-state index contributed by atoms with van der Waals surface area (Å²) in [5.74, 6) is -0.917. The summed E-state index contributed by atoms with van der Waals surface area (Å²) < 4.78 is 56.0. The van der Waals surface area contributed by atoms with Crippen molar-refractivity contribution >= 4 is 10.0 Å². The fraction of sp³-hybridized carbons (Fsp3) is 0.654. The van der Waals surface area contributed by atoms with Crippen LogP contribution in [0.2, 0.25) is 0 Å². The van der Waals surface area contributed by atoms with Crippen LogP contribution < -0.4 is 0 Å². The van der Waals surface area contributed by atoms with Crippen LogP contribution in [0, 0.1) is 17.6 Å². The SMILES string of the molecule is CS(=O)(=O)N1CCC([C@@H](CCN2CCC(n3cnc4c3C[N-]CC4)CC2)c2cc(F)cc(F)c2)CC1.[Rf]. The minimum absolute atomic E-state index is 0. The van der Waals surface area contributed by atoms with Crippen LogP contribution in [0.25, 0.3) is 5.32 Å². The number of benzene rings is 1. The predicted molar refractivity (Wildman–Crippen MR) is 135 cm³/mol. The van der Waals surface area contributed by atoms with Gasteiger partial charge in [0.2, 0.25) is 10.0 Å². The number of rotatable bonds is 7. The van der Waals surface area contributed by atoms with Gasteiger partial charge in [-0.3, -0.25) is 0 Å². The number of likely N-dealkylation sites (tertiary alicyclic amines) is 1. The molecular weight excluding hydrogens is 751 g/mol. The minimum atomic E-state index is -3.22. The molecule has 2 fully saturated rings. The molecule has 1 atom stereocenters. The summed E-state index contributed by atoms with van der Waals surface area (Å²) in [5.41, 5.74) is 3.15. The third kappa shape index (κ3) is 6.17. The van der Waals surface area contributed by atoms with E-state index in [-0.39, 0.29) is 11.8 Å². The molecule has 0 unspecified atom stereocenters. The first-order valence-electron chi connectivity index (χ1n) is 13.1. The van der Waals surface area contributed by atoms with Crippen molar-refractivity contribution < 1.29 is 17.2 Å². The Kier molecular flexibility index (Phi) is 8.26. The van der Waals surface area contributed by atoms with E-state index in [9.17, 15) is 17.2 Å². The molecule has 7 nitrogen and oxygen atoms in total. The molecule has 3 aliphatic rings. The zero-order valence-electron chi connectivity index (χ0n) is 21.7. The van der Waals surface area contributed by atoms with Gasteiger partial charge in [0.1, 0.15) is 11.6 Å². The number of hydrogen-bond acceptors (Lipinski definition) is 4. The van der Waals surface area contributed by atoms with E-state index in [1.807, 2.05) is 6.33 Å². The number of piperidine rings is 2. The summed E-state index contributed by atoms with van der Waals surface area (Å²) >= 11 is 0. The summed E-state index contributed by atoms with van der Waals surface area (Å²) in [6.07, 6.45) is 8.48. The number of halogens is 2. The normalized spacial score (nSPS) is 21.4. The van der Waals surface area contributed by atoms with Crippen LogP contribution in [-0.2, 0) is 23.0 Å². The molecule has 0 amide bonds. The summed E-state index contributed by atoms with van der Waals surface area (Å²) in [7, 11) is -3.22. The van der Waals surface area contributed by atoms with Gasteiger partial charge in [0.25, 0.3) is 0 Å². The number of aromatic nitrogens is 2. The first-order chi connectivity index (χ1) is 17.3. The Morgan fingerprint density at radius 3 is 2.38 bits per heavy atom. The third-order valence-corrected chi connectivity index (χ3v) is 9.61. The summed E-state index contributed by atoms with van der Waals surface area (Å²) in [6, 6.07) is 4.27. The number of sulfonamides is 1. The standard InChI is InChI=1S/C26H36F2N5O2S.Rf/c1-36(34,35)32-12-3-19(4-13-32)24(20-14-21(27)16-22(28)15-20)7-11-31-9-5-23(6-10-31)33-18-30-25-2-8-29-17-26(25)33;/h14-16,18-19,23-24H,2-13,17H2,1H3;/q-1;/t24-;/m1./s1. The van der Waals surface area contributed by atoms with E-state index >= 15 is 0 Å². The van der Waals surface area contributed by atoms with Crippen molar-refractivity contribution in [3.05, 3.63) is 58.4 Å². The maximum Gasteiger partial charge on any atom is 0.211 e. The molecule has 37 heavy (non-hydrogen) atoms. The van der Waals surface area contributed by atoms with E-state index in [1.54, 1.807) is 0 Å². The molecule has 0 saturated carbocycles. The molecule has 2 saturated heterocycles. The van der Waals surface area contributed by atoms with Gasteiger partial charge in [-0.05, 0) is 74.6 Å². The van der Waals surface area contributed by atoms with Gasteiger partial charge >= 0.3 is 0 Å². The van der Waals surface area contributed by atoms with Crippen LogP contribution in [0.3, 0.4) is 0 Å². The van der Waals surface area contributed by atoms with Gasteiger partial charge in [-0.25, -0.2) is 26.5 Å². The van der Waals surface area contributed by atoms with Crippen molar-refractivity contribution in [2.75, 3.05) is 45.5 Å². The second-order valence-electron chi connectivity index (χ2n) is 10.6. The Morgan fingerprint density at radius 1 is 1.05 bits per heavy atom. The third-order valence-electron chi connectivity index (χ3n) is 8.31. The average molecular weight is 788 g/mol. The van der Waals surface area contributed by atoms with Crippen LogP contribution in [0.1, 0.15) is 61.0 Å². The quantitative estimate of drug-likeness (QED) is 0.425. The Hall–Kier alpha value is -2.88. The Bertz CT molecular complexity index is 1140. The molecule has 0 bridgehead atoms. The van der Waals surface area contributed by atoms with E-state index in [0.29, 0.717) is 37.5 Å². The molecule has 3 aliphatic heterocycles. The average Bonchev–Trinajstić information content (AvgIpc) is 3.28. The minimum Gasteiger partial charge on any atom is -0.657 e. The summed E-state index contributed by atoms with van der Waals surface area (Å²) in [5, 5.41) is 4.55. The maximum atomic E-state index is 14.1. The van der Waals surface area contributed by atoms with Crippen LogP contribution in [0.15, 0.2) is 24.5 Å². The molecule has 11 heteroatoms. The summed E-state index contributed by atoms with van der Waals surface area (Å²) in [6.45, 7) is 5.37. The van der Waals surface area contributed by atoms with E-state index in [4.69, 9.17) is 0 Å². The first kappa shape index (κ1) is 27.2. The number of nitrogens with zero attached hydrogens (tertiary/aromatic N) is 5. The molecule has 0 radical (unpaired) electrons. The van der Waals surface area contributed by atoms with Crippen LogP contribution in [0.4, 0.5) is 8.78 Å². The molecule has 2 aromatic rings. The molecule has 200 valence electrons. The maximum absolute atomic E-state index is 14.1. The number of hydrogen-bond donors (Lipinski definition) is 0. The van der Waals surface area contributed by atoms with E-state index in [0.717, 1.165) is 64.5 Å². The molecule has 0 N–H and O–H groups in total. The number of fused-ring (bicyclic) bond motifs is 1. The van der Waals surface area contributed by atoms with Crippen molar-refractivity contribution in [3.8, 4) is 0 Å². The smallest absolute Gasteiger partial charge is 0.211 e. The Labute approximate surface area is 212 Å². The fourth-order valence-corrected chi connectivity index (χ4v) is 7.18. The van der Waals surface area contributed by atoms with Gasteiger partial charge in [0.15, 0.2) is 0 Å². The van der Waals surface area contributed by atoms with Crippen LogP contribution in [0.5, 0.6) is 0 Å². The van der Waals surface area contributed by atoms with Gasteiger partial charge in [-0.15, -0.1) is 13.1 Å². The second-order valence-corrected chi connectivity index (χ2v) is 12.6. The zero-order valence-corrected chi connectivity index (χ0v) is 28.9. The van der Waals surface area contributed by atoms with Crippen LogP contribution >= 0.6 is 0 Å². The largest absolute Gasteiger partial charge is 0.657 e. The molecule has 4 heterocycles. The fourth-order valence-electron chi connectivity index (χ4n) is 6.31. The molecule has 1 aromatic heterocycles. The molecule has 1 aromatic carbocycles. The molecular formula is C26H36F2N5O2RfS-. The van der Waals surface area contributed by atoms with Crippen LogP contribution in [-0.4, -0.2) is 72.7 Å². The Morgan fingerprint density at radius 2 is 1.73 bits per heavy atom. The van der Waals surface area contributed by atoms with Gasteiger partial charge in [0, 0.05) is 44.0 Å². The van der Waals surface area contributed by atoms with Gasteiger partial charge in [-0.1, -0.05) is 0 Å². The Balaban J connectivity index is 0.00000320. The zero-order chi connectivity index (χ0) is 25.3. The molecule has 0 aliphatic carbocycles. The van der Waals surface area contributed by atoms with Gasteiger partial charge in [-0.2, -0.15) is 0 Å². The molecule has 5 rings (SSSR count). The van der Waals surface area contributed by atoms with Crippen molar-refractivity contribution in [2.24, 2.45) is 5.92 Å². The first-order valence-corrected chi connectivity index (χ1v) is 14.9. The van der Waals surface area contributed by atoms with E-state index in [1.165, 1.54) is 34.1 Å². The summed E-state index contributed by atoms with van der Waals surface area (Å²) in [4.78, 5) is 7.07. The van der Waals surface area contributed by atoms with E-state index < -0.39 is 21.7 Å². The monoisotopic (exact) mass is 787 g/mol. The van der Waals surface area contributed by atoms with E-state index in [2.05, 4.69) is 19.8 Å². The second kappa shape index (κ2) is 11.2. The topological polar surface area (TPSA) is 72.5 Å². The van der Waals surface area contributed by atoms with Gasteiger partial charge < -0.3 is 14.8 Å². The molecule has 0 spiro atoms. The van der Waals surface area contributed by atoms with Crippen molar-refractivity contribution in [2.45, 2.75) is 57.0 Å².